The van der Waals surface area contributed by atoms with Gasteiger partial charge in [-0.05, 0) is 25.7 Å². The summed E-state index contributed by atoms with van der Waals surface area (Å²) < 4.78 is 13.6. The van der Waals surface area contributed by atoms with E-state index in [1.54, 1.807) is 13.8 Å². The average Bonchev–Trinajstić information content (AvgIpc) is 2.86. The Balaban J connectivity index is 0. The zero-order valence-electron chi connectivity index (χ0n) is 16.6. The number of rotatable bonds is 6. The van der Waals surface area contributed by atoms with Crippen molar-refractivity contribution in [2.24, 2.45) is 5.92 Å². The summed E-state index contributed by atoms with van der Waals surface area (Å²) in [5.74, 6) is -0.261. The van der Waals surface area contributed by atoms with Gasteiger partial charge in [-0.25, -0.2) is 0 Å². The molecular weight excluding hydrogens is 324 g/mol. The van der Waals surface area contributed by atoms with E-state index in [4.69, 9.17) is 4.74 Å². The molecule has 0 unspecified atom stereocenters. The first-order valence-electron chi connectivity index (χ1n) is 9.19. The van der Waals surface area contributed by atoms with Crippen molar-refractivity contribution in [1.29, 1.82) is 0 Å². The molecule has 1 aliphatic rings. The molecule has 0 aromatic rings. The molecule has 1 heterocycles. The van der Waals surface area contributed by atoms with Gasteiger partial charge in [-0.3, -0.25) is 14.4 Å². The van der Waals surface area contributed by atoms with E-state index < -0.39 is 0 Å². The summed E-state index contributed by atoms with van der Waals surface area (Å²) in [7, 11) is 2.82. The molecule has 6 heteroatoms. The molecule has 0 saturated carbocycles. The monoisotopic (exact) mass is 360 g/mol. The second-order valence-electron chi connectivity index (χ2n) is 6.10. The van der Waals surface area contributed by atoms with E-state index in [2.05, 4.69) is 16.4 Å². The van der Waals surface area contributed by atoms with Crippen molar-refractivity contribution in [3.05, 3.63) is 0 Å². The number of methoxy groups -OCH3 is 2. The minimum atomic E-state index is -0.153. The van der Waals surface area contributed by atoms with Crippen LogP contribution in [0.4, 0.5) is 0 Å². The summed E-state index contributed by atoms with van der Waals surface area (Å²) in [6.07, 6.45) is 8.96. The molecule has 0 N–H and O–H groups in total. The normalized spacial score (nSPS) is 13.3. The maximum atomic E-state index is 10.6. The lowest BCUT2D eigenvalue weighted by Crippen LogP contribution is -2.07. The number of cyclic esters (lactones) is 1. The lowest BCUT2D eigenvalue weighted by molar-refractivity contribution is -0.144. The quantitative estimate of drug-likeness (QED) is 0.404. The van der Waals surface area contributed by atoms with Gasteiger partial charge in [-0.2, -0.15) is 0 Å². The van der Waals surface area contributed by atoms with Crippen LogP contribution < -0.4 is 0 Å². The number of hydrogen-bond acceptors (Lipinski definition) is 6. The number of esters is 3. The molecule has 25 heavy (non-hydrogen) atoms. The van der Waals surface area contributed by atoms with E-state index >= 15 is 0 Å². The molecule has 0 atom stereocenters. The van der Waals surface area contributed by atoms with Crippen molar-refractivity contribution >= 4 is 17.9 Å². The lowest BCUT2D eigenvalue weighted by atomic mass is 10.2. The zero-order valence-corrected chi connectivity index (χ0v) is 16.6. The predicted molar refractivity (Wildman–Crippen MR) is 97.1 cm³/mol. The van der Waals surface area contributed by atoms with Crippen LogP contribution in [-0.4, -0.2) is 38.7 Å². The highest BCUT2D eigenvalue weighted by Crippen LogP contribution is 2.06. The molecule has 1 aliphatic heterocycles. The van der Waals surface area contributed by atoms with Crippen LogP contribution in [0.1, 0.15) is 78.6 Å². The maximum absolute atomic E-state index is 10.6. The van der Waals surface area contributed by atoms with Gasteiger partial charge in [0.25, 0.3) is 0 Å². The minimum absolute atomic E-state index is 0.00463. The van der Waals surface area contributed by atoms with Gasteiger partial charge in [0.2, 0.25) is 0 Å². The topological polar surface area (TPSA) is 78.9 Å². The van der Waals surface area contributed by atoms with Crippen LogP contribution in [0.3, 0.4) is 0 Å². The van der Waals surface area contributed by atoms with Crippen LogP contribution >= 0.6 is 0 Å². The highest BCUT2D eigenvalue weighted by atomic mass is 16.5. The van der Waals surface area contributed by atoms with Gasteiger partial charge >= 0.3 is 17.9 Å². The molecule has 0 aromatic carbocycles. The Morgan fingerprint density at radius 3 is 2.20 bits per heavy atom. The molecule has 0 amide bonds. The first-order chi connectivity index (χ1) is 11.9. The standard InChI is InChI=1S/C8H16O2.C6H10O2.C5H10O2/c1-3-4-5-6-7-8(9)10-2;7-6-4-2-1-3-5-8-6;1-4(2)5(6)7-3/h3-7H2,1-2H3;1-5H2;4H,1-3H3. The molecule has 0 radical (unpaired) electrons. The Morgan fingerprint density at radius 1 is 1.04 bits per heavy atom. The van der Waals surface area contributed by atoms with Crippen LogP contribution in [0, 0.1) is 5.92 Å². The van der Waals surface area contributed by atoms with Crippen LogP contribution in [-0.2, 0) is 28.6 Å². The van der Waals surface area contributed by atoms with E-state index in [1.165, 1.54) is 27.1 Å². The fraction of sp³-hybridized carbons (Fsp3) is 0.842. The molecule has 0 spiro atoms. The third kappa shape index (κ3) is 20.4. The number of carbonyl (C=O) groups excluding carboxylic acids is 3. The van der Waals surface area contributed by atoms with E-state index in [-0.39, 0.29) is 23.8 Å². The second-order valence-corrected chi connectivity index (χ2v) is 6.10. The van der Waals surface area contributed by atoms with Gasteiger partial charge in [0, 0.05) is 12.8 Å². The number of hydrogen-bond donors (Lipinski definition) is 0. The summed E-state index contributed by atoms with van der Waals surface area (Å²) >= 11 is 0. The van der Waals surface area contributed by atoms with Crippen molar-refractivity contribution < 1.29 is 28.6 Å². The van der Waals surface area contributed by atoms with Crippen LogP contribution in [0.25, 0.3) is 0 Å². The van der Waals surface area contributed by atoms with Crippen molar-refractivity contribution in [2.45, 2.75) is 78.6 Å². The minimum Gasteiger partial charge on any atom is -0.469 e. The van der Waals surface area contributed by atoms with Crippen LogP contribution in [0.2, 0.25) is 0 Å². The molecule has 0 aliphatic carbocycles. The highest BCUT2D eigenvalue weighted by Gasteiger charge is 2.05. The van der Waals surface area contributed by atoms with Gasteiger partial charge in [-0.15, -0.1) is 0 Å². The molecule has 1 saturated heterocycles. The Hall–Kier alpha value is -1.59. The fourth-order valence-corrected chi connectivity index (χ4v) is 1.84. The van der Waals surface area contributed by atoms with Gasteiger partial charge in [0.05, 0.1) is 26.7 Å². The molecular formula is C19H36O6. The number of unbranched alkanes of at least 4 members (excludes halogenated alkanes) is 3. The number of ether oxygens (including phenoxy) is 3. The summed E-state index contributed by atoms with van der Waals surface area (Å²) in [6, 6.07) is 0. The van der Waals surface area contributed by atoms with Crippen molar-refractivity contribution in [1.82, 2.24) is 0 Å². The van der Waals surface area contributed by atoms with Gasteiger partial charge in [0.15, 0.2) is 0 Å². The SMILES string of the molecule is CCCCCCC(=O)OC.COC(=O)C(C)C.O=C1CCCCCO1. The van der Waals surface area contributed by atoms with E-state index in [0.29, 0.717) is 19.4 Å². The van der Waals surface area contributed by atoms with Crippen molar-refractivity contribution in [2.75, 3.05) is 20.8 Å². The third-order valence-corrected chi connectivity index (χ3v) is 3.42. The Labute approximate surface area is 152 Å². The first-order valence-corrected chi connectivity index (χ1v) is 9.19. The van der Waals surface area contributed by atoms with Crippen LogP contribution in [0.15, 0.2) is 0 Å². The molecule has 6 nitrogen and oxygen atoms in total. The lowest BCUT2D eigenvalue weighted by Gasteiger charge is -1.97. The van der Waals surface area contributed by atoms with Crippen molar-refractivity contribution in [3.8, 4) is 0 Å². The Morgan fingerprint density at radius 2 is 1.72 bits per heavy atom. The average molecular weight is 360 g/mol. The first kappa shape index (κ1) is 25.6. The summed E-state index contributed by atoms with van der Waals surface area (Å²) in [6.45, 7) is 6.38. The zero-order chi connectivity index (χ0) is 19.5. The number of carbonyl (C=O) groups is 3. The summed E-state index contributed by atoms with van der Waals surface area (Å²) in [5.41, 5.74) is 0. The molecule has 1 fully saturated rings. The highest BCUT2D eigenvalue weighted by molar-refractivity contribution is 5.71. The smallest absolute Gasteiger partial charge is 0.308 e. The van der Waals surface area contributed by atoms with Crippen molar-refractivity contribution in [3.63, 3.8) is 0 Å². The summed E-state index contributed by atoms with van der Waals surface area (Å²) in [5, 5.41) is 0. The second kappa shape index (κ2) is 18.7. The molecule has 1 rings (SSSR count). The summed E-state index contributed by atoms with van der Waals surface area (Å²) in [4.78, 5) is 31.3. The molecule has 0 aromatic heterocycles. The predicted octanol–water partition coefficient (Wildman–Crippen LogP) is 4.05. The van der Waals surface area contributed by atoms with E-state index in [0.717, 1.165) is 32.1 Å². The fourth-order valence-electron chi connectivity index (χ4n) is 1.84. The van der Waals surface area contributed by atoms with E-state index in [9.17, 15) is 14.4 Å². The maximum Gasteiger partial charge on any atom is 0.308 e. The van der Waals surface area contributed by atoms with Crippen LogP contribution in [0.5, 0.6) is 0 Å². The third-order valence-electron chi connectivity index (χ3n) is 3.42. The largest absolute Gasteiger partial charge is 0.469 e. The molecule has 0 bridgehead atoms. The molecule has 148 valence electrons. The Bertz CT molecular complexity index is 342. The van der Waals surface area contributed by atoms with Gasteiger partial charge in [-0.1, -0.05) is 40.0 Å². The Kier molecular flexibility index (Phi) is 19.2. The van der Waals surface area contributed by atoms with Gasteiger partial charge < -0.3 is 14.2 Å². The van der Waals surface area contributed by atoms with Gasteiger partial charge in [0.1, 0.15) is 0 Å². The van der Waals surface area contributed by atoms with E-state index in [1.807, 2.05) is 0 Å².